The monoisotopic (exact) mass is 460 g/mol. The summed E-state index contributed by atoms with van der Waals surface area (Å²) in [5, 5.41) is 4.33. The molecule has 2 amide bonds. The Morgan fingerprint density at radius 2 is 1.79 bits per heavy atom. The van der Waals surface area contributed by atoms with Crippen LogP contribution >= 0.6 is 0 Å². The smallest absolute Gasteiger partial charge is 0.234 e. The number of aromatic amines is 1. The normalized spacial score (nSPS) is 17.5. The number of carbonyl (C=O) groups is 2. The molecule has 0 radical (unpaired) electrons. The maximum absolute atomic E-state index is 12.9. The first-order valence-corrected chi connectivity index (χ1v) is 12.1. The van der Waals surface area contributed by atoms with Crippen molar-refractivity contribution in [2.24, 2.45) is 5.92 Å². The maximum Gasteiger partial charge on any atom is 0.234 e. The fraction of sp³-hybridized carbons (Fsp3) is 0.407. The molecule has 1 saturated heterocycles. The van der Waals surface area contributed by atoms with E-state index in [4.69, 9.17) is 4.74 Å². The summed E-state index contributed by atoms with van der Waals surface area (Å²) in [6.07, 6.45) is 4.11. The number of rotatable bonds is 8. The van der Waals surface area contributed by atoms with E-state index in [1.807, 2.05) is 35.4 Å². The molecular formula is C27H32N4O3. The molecule has 1 aromatic heterocycles. The van der Waals surface area contributed by atoms with Crippen LogP contribution in [0.4, 0.5) is 0 Å². The second-order valence-corrected chi connectivity index (χ2v) is 9.30. The van der Waals surface area contributed by atoms with Crippen molar-refractivity contribution in [3.63, 3.8) is 0 Å². The number of piperazine rings is 1. The molecular weight excluding hydrogens is 428 g/mol. The average molecular weight is 461 g/mol. The van der Waals surface area contributed by atoms with Gasteiger partial charge in [0.15, 0.2) is 0 Å². The summed E-state index contributed by atoms with van der Waals surface area (Å²) in [4.78, 5) is 32.6. The number of aromatic nitrogens is 1. The number of para-hydroxylation sites is 1. The van der Waals surface area contributed by atoms with E-state index >= 15 is 0 Å². The van der Waals surface area contributed by atoms with Crippen LogP contribution in [0.3, 0.4) is 0 Å². The lowest BCUT2D eigenvalue weighted by Crippen LogP contribution is -2.51. The van der Waals surface area contributed by atoms with Gasteiger partial charge in [-0.05, 0) is 42.2 Å². The molecule has 5 rings (SSSR count). The van der Waals surface area contributed by atoms with Crippen molar-refractivity contribution < 1.29 is 14.3 Å². The highest BCUT2D eigenvalue weighted by molar-refractivity contribution is 5.84. The fourth-order valence-corrected chi connectivity index (χ4v) is 4.82. The van der Waals surface area contributed by atoms with Gasteiger partial charge in [-0.1, -0.05) is 30.3 Å². The zero-order chi connectivity index (χ0) is 23.5. The third kappa shape index (κ3) is 4.94. The molecule has 2 heterocycles. The summed E-state index contributed by atoms with van der Waals surface area (Å²) in [5.41, 5.74) is 3.37. The van der Waals surface area contributed by atoms with Crippen molar-refractivity contribution in [1.82, 2.24) is 20.1 Å². The molecule has 7 nitrogen and oxygen atoms in total. The number of H-pyrrole nitrogens is 1. The predicted octanol–water partition coefficient (Wildman–Crippen LogP) is 2.98. The van der Waals surface area contributed by atoms with Crippen LogP contribution in [0, 0.1) is 5.92 Å². The molecule has 0 bridgehead atoms. The average Bonchev–Trinajstić information content (AvgIpc) is 3.64. The van der Waals surface area contributed by atoms with E-state index in [1.165, 1.54) is 0 Å². The Balaban J connectivity index is 1.23. The second-order valence-electron chi connectivity index (χ2n) is 9.30. The fourth-order valence-electron chi connectivity index (χ4n) is 4.82. The maximum atomic E-state index is 12.9. The van der Waals surface area contributed by atoms with Gasteiger partial charge < -0.3 is 19.9 Å². The molecule has 1 aliphatic heterocycles. The van der Waals surface area contributed by atoms with Crippen LogP contribution in [0.2, 0.25) is 0 Å². The van der Waals surface area contributed by atoms with E-state index in [9.17, 15) is 9.59 Å². The zero-order valence-corrected chi connectivity index (χ0v) is 19.6. The Hall–Kier alpha value is -3.32. The highest BCUT2D eigenvalue weighted by Crippen LogP contribution is 2.32. The van der Waals surface area contributed by atoms with E-state index in [0.29, 0.717) is 32.1 Å². The number of methoxy groups -OCH3 is 1. The van der Waals surface area contributed by atoms with Crippen molar-refractivity contribution in [1.29, 1.82) is 0 Å². The Labute approximate surface area is 200 Å². The van der Waals surface area contributed by atoms with Crippen LogP contribution in [0.25, 0.3) is 10.9 Å². The summed E-state index contributed by atoms with van der Waals surface area (Å²) in [6, 6.07) is 16.3. The van der Waals surface area contributed by atoms with E-state index in [0.717, 1.165) is 53.7 Å². The molecule has 178 valence electrons. The first kappa shape index (κ1) is 22.5. The Morgan fingerprint density at radius 1 is 1.06 bits per heavy atom. The Kier molecular flexibility index (Phi) is 6.54. The lowest BCUT2D eigenvalue weighted by molar-refractivity contribution is -0.134. The van der Waals surface area contributed by atoms with Crippen molar-refractivity contribution in [3.8, 4) is 5.75 Å². The number of nitrogens with one attached hydrogen (secondary N) is 2. The molecule has 2 aliphatic rings. The minimum absolute atomic E-state index is 0.0130. The van der Waals surface area contributed by atoms with E-state index in [1.54, 1.807) is 7.11 Å². The van der Waals surface area contributed by atoms with Gasteiger partial charge in [-0.15, -0.1) is 0 Å². The van der Waals surface area contributed by atoms with Crippen LogP contribution in [-0.4, -0.2) is 73.0 Å². The Bertz CT molecular complexity index is 1140. The van der Waals surface area contributed by atoms with Crippen molar-refractivity contribution >= 4 is 22.7 Å². The molecule has 2 N–H and O–H groups in total. The number of carbonyl (C=O) groups excluding carboxylic acids is 2. The summed E-state index contributed by atoms with van der Waals surface area (Å²) < 4.78 is 5.33. The lowest BCUT2D eigenvalue weighted by Gasteiger charge is -2.34. The number of ether oxygens (including phenoxy) is 1. The highest BCUT2D eigenvalue weighted by atomic mass is 16.5. The van der Waals surface area contributed by atoms with E-state index in [2.05, 4.69) is 39.5 Å². The third-order valence-corrected chi connectivity index (χ3v) is 7.00. The topological polar surface area (TPSA) is 77.7 Å². The number of benzene rings is 2. The van der Waals surface area contributed by atoms with Crippen molar-refractivity contribution in [2.75, 3.05) is 46.4 Å². The summed E-state index contributed by atoms with van der Waals surface area (Å²) in [6.45, 7) is 3.78. The van der Waals surface area contributed by atoms with Gasteiger partial charge in [-0.3, -0.25) is 14.5 Å². The Morgan fingerprint density at radius 3 is 2.50 bits per heavy atom. The van der Waals surface area contributed by atoms with Crippen molar-refractivity contribution in [3.05, 3.63) is 65.9 Å². The SMILES string of the molecule is COc1ccc([C@H](CNC(=O)CN2CCN(C(=O)C3CC3)CC2)c2c[nH]c3ccccc23)cc1. The molecule has 7 heteroatoms. The van der Waals surface area contributed by atoms with Crippen LogP contribution in [0.1, 0.15) is 29.9 Å². The minimum Gasteiger partial charge on any atom is -0.497 e. The number of hydrogen-bond donors (Lipinski definition) is 2. The van der Waals surface area contributed by atoms with Crippen LogP contribution < -0.4 is 10.1 Å². The highest BCUT2D eigenvalue weighted by Gasteiger charge is 2.34. The molecule has 1 aliphatic carbocycles. The molecule has 0 spiro atoms. The van der Waals surface area contributed by atoms with Gasteiger partial charge in [0.05, 0.1) is 13.7 Å². The zero-order valence-electron chi connectivity index (χ0n) is 19.6. The minimum atomic E-state index is 0.0130. The van der Waals surface area contributed by atoms with Crippen LogP contribution in [-0.2, 0) is 9.59 Å². The molecule has 2 fully saturated rings. The number of nitrogens with zero attached hydrogens (tertiary/aromatic N) is 2. The number of fused-ring (bicyclic) bond motifs is 1. The molecule has 2 aromatic carbocycles. The molecule has 1 saturated carbocycles. The molecule has 34 heavy (non-hydrogen) atoms. The predicted molar refractivity (Wildman–Crippen MR) is 132 cm³/mol. The summed E-state index contributed by atoms with van der Waals surface area (Å²) >= 11 is 0. The summed E-state index contributed by atoms with van der Waals surface area (Å²) in [5.74, 6) is 1.39. The third-order valence-electron chi connectivity index (χ3n) is 7.00. The number of hydrogen-bond acceptors (Lipinski definition) is 4. The van der Waals surface area contributed by atoms with Gasteiger partial charge in [0.2, 0.25) is 11.8 Å². The summed E-state index contributed by atoms with van der Waals surface area (Å²) in [7, 11) is 1.66. The second kappa shape index (κ2) is 9.89. The van der Waals surface area contributed by atoms with Gasteiger partial charge in [0.1, 0.15) is 5.75 Å². The molecule has 3 aromatic rings. The molecule has 0 unspecified atom stereocenters. The van der Waals surface area contributed by atoms with E-state index in [-0.39, 0.29) is 17.7 Å². The standard InChI is InChI=1S/C27H32N4O3/c1-34-21-10-8-19(9-11-21)23(24-17-28-25-5-3-2-4-22(24)25)16-29-26(32)18-30-12-14-31(15-13-30)27(33)20-6-7-20/h2-5,8-11,17,20,23,28H,6-7,12-16,18H2,1H3,(H,29,32)/t23-/m0/s1. The van der Waals surface area contributed by atoms with Crippen molar-refractivity contribution in [2.45, 2.75) is 18.8 Å². The van der Waals surface area contributed by atoms with Gasteiger partial charge in [0, 0.05) is 61.7 Å². The van der Waals surface area contributed by atoms with Crippen LogP contribution in [0.15, 0.2) is 54.7 Å². The van der Waals surface area contributed by atoms with Gasteiger partial charge >= 0.3 is 0 Å². The van der Waals surface area contributed by atoms with Gasteiger partial charge in [0.25, 0.3) is 0 Å². The van der Waals surface area contributed by atoms with Crippen LogP contribution in [0.5, 0.6) is 5.75 Å². The molecule has 1 atom stereocenters. The van der Waals surface area contributed by atoms with Gasteiger partial charge in [-0.2, -0.15) is 0 Å². The van der Waals surface area contributed by atoms with Gasteiger partial charge in [-0.25, -0.2) is 0 Å². The first-order chi connectivity index (χ1) is 16.6. The quantitative estimate of drug-likeness (QED) is 0.542. The first-order valence-electron chi connectivity index (χ1n) is 12.1. The largest absolute Gasteiger partial charge is 0.497 e. The lowest BCUT2D eigenvalue weighted by atomic mass is 9.90. The van der Waals surface area contributed by atoms with E-state index < -0.39 is 0 Å². The number of amides is 2.